The fourth-order valence-corrected chi connectivity index (χ4v) is 1.40. The van der Waals surface area contributed by atoms with Crippen molar-refractivity contribution in [1.82, 2.24) is 0 Å². The van der Waals surface area contributed by atoms with Crippen LogP contribution < -0.4 is 0 Å². The number of hydrogen-bond donors (Lipinski definition) is 1. The Morgan fingerprint density at radius 2 is 2.00 bits per heavy atom. The molecule has 0 aliphatic carbocycles. The third-order valence-electron chi connectivity index (χ3n) is 2.13. The quantitative estimate of drug-likeness (QED) is 0.672. The second kappa shape index (κ2) is 2.88. The van der Waals surface area contributed by atoms with Gasteiger partial charge in [-0.25, -0.2) is 0 Å². The van der Waals surface area contributed by atoms with E-state index in [1.165, 1.54) is 0 Å². The highest BCUT2D eigenvalue weighted by molar-refractivity contribution is 5.22. The van der Waals surface area contributed by atoms with Gasteiger partial charge in [-0.05, 0) is 12.5 Å². The maximum atomic E-state index is 9.20. The summed E-state index contributed by atoms with van der Waals surface area (Å²) in [6.45, 7) is 1.76. The van der Waals surface area contributed by atoms with Crippen molar-refractivity contribution in [2.45, 2.75) is 25.2 Å². The van der Waals surface area contributed by atoms with Crippen molar-refractivity contribution in [2.24, 2.45) is 0 Å². The standard InChI is InChI=1S/C10H12O2/c1-7(11)9-10(12-9)8-5-3-2-4-6-8/h2-7,9-11H,1H3/t7-,9-,10-/m1/s1. The van der Waals surface area contributed by atoms with Crippen LogP contribution in [0.25, 0.3) is 0 Å². The molecule has 1 aromatic carbocycles. The Labute approximate surface area is 71.8 Å². The van der Waals surface area contributed by atoms with Crippen LogP contribution in [0.3, 0.4) is 0 Å². The summed E-state index contributed by atoms with van der Waals surface area (Å²) in [5.74, 6) is 0. The molecule has 0 radical (unpaired) electrons. The molecule has 0 saturated carbocycles. The molecule has 1 aliphatic rings. The van der Waals surface area contributed by atoms with Gasteiger partial charge in [0.2, 0.25) is 0 Å². The second-order valence-electron chi connectivity index (χ2n) is 3.17. The molecular formula is C10H12O2. The molecule has 2 heteroatoms. The Balaban J connectivity index is 2.06. The molecule has 1 aromatic rings. The molecule has 1 fully saturated rings. The Morgan fingerprint density at radius 1 is 1.33 bits per heavy atom. The molecule has 12 heavy (non-hydrogen) atoms. The number of hydrogen-bond acceptors (Lipinski definition) is 2. The predicted octanol–water partition coefficient (Wildman–Crippen LogP) is 1.51. The lowest BCUT2D eigenvalue weighted by atomic mass is 10.1. The first-order valence-electron chi connectivity index (χ1n) is 4.17. The van der Waals surface area contributed by atoms with Crippen molar-refractivity contribution >= 4 is 0 Å². The molecule has 64 valence electrons. The largest absolute Gasteiger partial charge is 0.391 e. The third kappa shape index (κ3) is 1.36. The summed E-state index contributed by atoms with van der Waals surface area (Å²) in [5, 5.41) is 9.20. The van der Waals surface area contributed by atoms with Crippen LogP contribution in [0.2, 0.25) is 0 Å². The van der Waals surface area contributed by atoms with Gasteiger partial charge in [0.1, 0.15) is 12.2 Å². The summed E-state index contributed by atoms with van der Waals surface area (Å²) < 4.78 is 5.31. The molecule has 3 atom stereocenters. The van der Waals surface area contributed by atoms with Gasteiger partial charge in [0.25, 0.3) is 0 Å². The fourth-order valence-electron chi connectivity index (χ4n) is 1.40. The van der Waals surface area contributed by atoms with Gasteiger partial charge in [0.05, 0.1) is 6.10 Å². The molecule has 0 unspecified atom stereocenters. The zero-order valence-corrected chi connectivity index (χ0v) is 6.97. The Hall–Kier alpha value is -0.860. The third-order valence-corrected chi connectivity index (χ3v) is 2.13. The minimum Gasteiger partial charge on any atom is -0.391 e. The average Bonchev–Trinajstić information content (AvgIpc) is 2.84. The Bertz CT molecular complexity index is 256. The van der Waals surface area contributed by atoms with Crippen LogP contribution in [0.5, 0.6) is 0 Å². The van der Waals surface area contributed by atoms with Crippen LogP contribution in [0.1, 0.15) is 18.6 Å². The van der Waals surface area contributed by atoms with Crippen molar-refractivity contribution in [1.29, 1.82) is 0 Å². The maximum Gasteiger partial charge on any atom is 0.114 e. The van der Waals surface area contributed by atoms with E-state index in [0.717, 1.165) is 5.56 Å². The van der Waals surface area contributed by atoms with Gasteiger partial charge in [0, 0.05) is 0 Å². The van der Waals surface area contributed by atoms with Gasteiger partial charge in [-0.2, -0.15) is 0 Å². The van der Waals surface area contributed by atoms with Gasteiger partial charge in [-0.15, -0.1) is 0 Å². The van der Waals surface area contributed by atoms with E-state index in [-0.39, 0.29) is 18.3 Å². The molecule has 0 spiro atoms. The average molecular weight is 164 g/mol. The summed E-state index contributed by atoms with van der Waals surface area (Å²) in [4.78, 5) is 0. The first-order valence-corrected chi connectivity index (χ1v) is 4.17. The van der Waals surface area contributed by atoms with Gasteiger partial charge in [0.15, 0.2) is 0 Å². The van der Waals surface area contributed by atoms with E-state index < -0.39 is 0 Å². The molecule has 1 aliphatic heterocycles. The molecule has 1 N–H and O–H groups in total. The highest BCUT2D eigenvalue weighted by atomic mass is 16.6. The van der Waals surface area contributed by atoms with Gasteiger partial charge < -0.3 is 9.84 Å². The topological polar surface area (TPSA) is 32.8 Å². The number of benzene rings is 1. The molecule has 1 saturated heterocycles. The highest BCUT2D eigenvalue weighted by Gasteiger charge is 2.43. The summed E-state index contributed by atoms with van der Waals surface area (Å²) in [6.07, 6.45) is -0.242. The predicted molar refractivity (Wildman–Crippen MR) is 45.7 cm³/mol. The van der Waals surface area contributed by atoms with Gasteiger partial charge in [-0.1, -0.05) is 30.3 Å². The fraction of sp³-hybridized carbons (Fsp3) is 0.400. The van der Waals surface area contributed by atoms with E-state index in [1.54, 1.807) is 6.92 Å². The highest BCUT2D eigenvalue weighted by Crippen LogP contribution is 2.40. The number of aliphatic hydroxyl groups excluding tert-OH is 1. The van der Waals surface area contributed by atoms with Crippen LogP contribution in [-0.2, 0) is 4.74 Å². The number of epoxide rings is 1. The smallest absolute Gasteiger partial charge is 0.114 e. The zero-order chi connectivity index (χ0) is 8.55. The minimum atomic E-state index is -0.366. The van der Waals surface area contributed by atoms with E-state index in [0.29, 0.717) is 0 Å². The van der Waals surface area contributed by atoms with Crippen LogP contribution in [-0.4, -0.2) is 17.3 Å². The summed E-state index contributed by atoms with van der Waals surface area (Å²) in [7, 11) is 0. The minimum absolute atomic E-state index is 0.00685. The maximum absolute atomic E-state index is 9.20. The SMILES string of the molecule is C[C@@H](O)[C@H]1O[C@@H]1c1ccccc1. The van der Waals surface area contributed by atoms with E-state index in [4.69, 9.17) is 4.74 Å². The Morgan fingerprint density at radius 3 is 2.50 bits per heavy atom. The van der Waals surface area contributed by atoms with E-state index in [2.05, 4.69) is 0 Å². The van der Waals surface area contributed by atoms with Crippen LogP contribution in [0.15, 0.2) is 30.3 Å². The lowest BCUT2D eigenvalue weighted by molar-refractivity contribution is 0.152. The van der Waals surface area contributed by atoms with Crippen molar-refractivity contribution in [3.05, 3.63) is 35.9 Å². The van der Waals surface area contributed by atoms with Crippen molar-refractivity contribution in [3.63, 3.8) is 0 Å². The van der Waals surface area contributed by atoms with Crippen LogP contribution in [0.4, 0.5) is 0 Å². The van der Waals surface area contributed by atoms with Crippen LogP contribution in [0, 0.1) is 0 Å². The summed E-state index contributed by atoms with van der Waals surface area (Å²) >= 11 is 0. The van der Waals surface area contributed by atoms with Gasteiger partial charge >= 0.3 is 0 Å². The second-order valence-corrected chi connectivity index (χ2v) is 3.17. The van der Waals surface area contributed by atoms with Crippen LogP contribution >= 0.6 is 0 Å². The zero-order valence-electron chi connectivity index (χ0n) is 6.97. The van der Waals surface area contributed by atoms with E-state index >= 15 is 0 Å². The number of rotatable bonds is 2. The molecule has 0 bridgehead atoms. The van der Waals surface area contributed by atoms with E-state index in [9.17, 15) is 5.11 Å². The number of aliphatic hydroxyl groups is 1. The molecule has 0 aromatic heterocycles. The van der Waals surface area contributed by atoms with Crippen molar-refractivity contribution in [2.75, 3.05) is 0 Å². The normalized spacial score (nSPS) is 29.8. The molecule has 0 amide bonds. The van der Waals surface area contributed by atoms with Gasteiger partial charge in [-0.3, -0.25) is 0 Å². The Kier molecular flexibility index (Phi) is 1.87. The molecular weight excluding hydrogens is 152 g/mol. The first kappa shape index (κ1) is 7.77. The lowest BCUT2D eigenvalue weighted by Gasteiger charge is -1.97. The van der Waals surface area contributed by atoms with Crippen molar-refractivity contribution in [3.8, 4) is 0 Å². The molecule has 2 nitrogen and oxygen atoms in total. The molecule has 2 rings (SSSR count). The summed E-state index contributed by atoms with van der Waals surface area (Å²) in [6, 6.07) is 9.98. The summed E-state index contributed by atoms with van der Waals surface area (Å²) in [5.41, 5.74) is 1.16. The first-order chi connectivity index (χ1) is 5.79. The monoisotopic (exact) mass is 164 g/mol. The van der Waals surface area contributed by atoms with Crippen molar-refractivity contribution < 1.29 is 9.84 Å². The van der Waals surface area contributed by atoms with E-state index in [1.807, 2.05) is 30.3 Å². The number of ether oxygens (including phenoxy) is 1. The molecule has 1 heterocycles. The lowest BCUT2D eigenvalue weighted by Crippen LogP contribution is -2.09.